The van der Waals surface area contributed by atoms with Crippen molar-refractivity contribution in [2.24, 2.45) is 47.3 Å². The average Bonchev–Trinajstić information content (AvgIpc) is 3.18. The minimum atomic E-state index is 0.156. The molecule has 7 heteroatoms. The summed E-state index contributed by atoms with van der Waals surface area (Å²) in [4.78, 5) is 22.8. The number of nitrogens with zero attached hydrogens (tertiary/aromatic N) is 4. The topological polar surface area (TPSA) is 48.5 Å². The summed E-state index contributed by atoms with van der Waals surface area (Å²) in [6.07, 6.45) is 19.6. The van der Waals surface area contributed by atoms with Gasteiger partial charge in [-0.2, -0.15) is 0 Å². The number of amides is 1. The van der Waals surface area contributed by atoms with E-state index in [2.05, 4.69) is 70.1 Å². The smallest absolute Gasteiger partial charge is 0.248 e. The van der Waals surface area contributed by atoms with Gasteiger partial charge in [0.05, 0.1) is 0 Å². The minimum Gasteiger partial charge on any atom is -0.381 e. The maximum Gasteiger partial charge on any atom is 0.248 e. The molecule has 0 aliphatic carbocycles. The predicted octanol–water partition coefficient (Wildman–Crippen LogP) is 9.49. The lowest BCUT2D eigenvalue weighted by Crippen LogP contribution is -2.41. The zero-order valence-corrected chi connectivity index (χ0v) is 37.1. The van der Waals surface area contributed by atoms with E-state index >= 15 is 0 Å². The second kappa shape index (κ2) is 24.9. The van der Waals surface area contributed by atoms with Gasteiger partial charge in [0.2, 0.25) is 5.91 Å². The molecule has 4 aliphatic heterocycles. The lowest BCUT2D eigenvalue weighted by molar-refractivity contribution is -0.137. The van der Waals surface area contributed by atoms with Gasteiger partial charge < -0.3 is 29.1 Å². The van der Waals surface area contributed by atoms with Gasteiger partial charge in [-0.05, 0) is 184 Å². The van der Waals surface area contributed by atoms with Gasteiger partial charge in [0.1, 0.15) is 6.61 Å². The summed E-state index contributed by atoms with van der Waals surface area (Å²) < 4.78 is 11.8. The fourth-order valence-corrected chi connectivity index (χ4v) is 10.3. The third-order valence-electron chi connectivity index (χ3n) is 14.8. The van der Waals surface area contributed by atoms with Crippen LogP contribution in [0.2, 0.25) is 0 Å². The van der Waals surface area contributed by atoms with Gasteiger partial charge in [-0.25, -0.2) is 0 Å². The summed E-state index contributed by atoms with van der Waals surface area (Å²) in [5.41, 5.74) is 0. The average molecular weight is 759 g/mol. The Labute approximate surface area is 335 Å². The molecule has 4 aliphatic rings. The third kappa shape index (κ3) is 16.6. The third-order valence-corrected chi connectivity index (χ3v) is 14.8. The molecule has 4 fully saturated rings. The van der Waals surface area contributed by atoms with E-state index in [4.69, 9.17) is 9.47 Å². The molecule has 0 aromatic heterocycles. The number of carbonyl (C=O) groups excluding carboxylic acids is 1. The molecular formula is C47H90N4O3. The van der Waals surface area contributed by atoms with Crippen molar-refractivity contribution in [1.82, 2.24) is 19.6 Å². The largest absolute Gasteiger partial charge is 0.381 e. The number of piperidine rings is 4. The molecule has 7 nitrogen and oxygen atoms in total. The molecule has 1 amide bonds. The van der Waals surface area contributed by atoms with Gasteiger partial charge in [-0.15, -0.1) is 0 Å². The van der Waals surface area contributed by atoms with Crippen LogP contribution >= 0.6 is 0 Å². The molecule has 3 unspecified atom stereocenters. The van der Waals surface area contributed by atoms with E-state index in [-0.39, 0.29) is 12.5 Å². The van der Waals surface area contributed by atoms with Crippen molar-refractivity contribution in [3.05, 3.63) is 0 Å². The second-order valence-electron chi connectivity index (χ2n) is 19.9. The van der Waals surface area contributed by atoms with E-state index in [1.54, 1.807) is 0 Å². The van der Waals surface area contributed by atoms with Crippen LogP contribution in [0.1, 0.15) is 152 Å². The number of hydrogen-bond acceptors (Lipinski definition) is 6. The van der Waals surface area contributed by atoms with Crippen LogP contribution in [0.4, 0.5) is 0 Å². The van der Waals surface area contributed by atoms with Crippen LogP contribution in [0.15, 0.2) is 0 Å². The lowest BCUT2D eigenvalue weighted by Gasteiger charge is -2.39. The Kier molecular flexibility index (Phi) is 21.2. The van der Waals surface area contributed by atoms with Gasteiger partial charge in [-0.3, -0.25) is 4.79 Å². The summed E-state index contributed by atoms with van der Waals surface area (Å²) in [6, 6.07) is 1.44. The first-order valence-electron chi connectivity index (χ1n) is 23.6. The van der Waals surface area contributed by atoms with Crippen molar-refractivity contribution in [2.75, 3.05) is 85.3 Å². The van der Waals surface area contributed by atoms with E-state index < -0.39 is 0 Å². The monoisotopic (exact) mass is 759 g/mol. The zero-order valence-electron chi connectivity index (χ0n) is 37.1. The number of rotatable bonds is 23. The Morgan fingerprint density at radius 2 is 1.15 bits per heavy atom. The normalized spacial score (nSPS) is 23.7. The first-order valence-corrected chi connectivity index (χ1v) is 23.6. The van der Waals surface area contributed by atoms with Crippen molar-refractivity contribution in [1.29, 1.82) is 0 Å². The molecule has 316 valence electrons. The summed E-state index contributed by atoms with van der Waals surface area (Å²) >= 11 is 0. The molecule has 0 bridgehead atoms. The van der Waals surface area contributed by atoms with Crippen LogP contribution in [-0.2, 0) is 14.3 Å². The quantitative estimate of drug-likeness (QED) is 0.0969. The molecule has 0 radical (unpaired) electrons. The van der Waals surface area contributed by atoms with E-state index in [0.717, 1.165) is 87.1 Å². The highest BCUT2D eigenvalue weighted by molar-refractivity contribution is 5.77. The molecule has 0 spiro atoms. The second-order valence-corrected chi connectivity index (χ2v) is 19.9. The molecule has 0 saturated carbocycles. The van der Waals surface area contributed by atoms with Gasteiger partial charge in [-0.1, -0.05) is 54.4 Å². The van der Waals surface area contributed by atoms with Crippen LogP contribution in [0, 0.1) is 47.3 Å². The van der Waals surface area contributed by atoms with Crippen molar-refractivity contribution in [2.45, 2.75) is 164 Å². The van der Waals surface area contributed by atoms with Crippen molar-refractivity contribution in [3.63, 3.8) is 0 Å². The zero-order chi connectivity index (χ0) is 38.9. The molecule has 0 aromatic rings. The Bertz CT molecular complexity index is 977. The predicted molar refractivity (Wildman–Crippen MR) is 228 cm³/mol. The first kappa shape index (κ1) is 46.0. The Balaban J connectivity index is 0.962. The Morgan fingerprint density at radius 1 is 0.593 bits per heavy atom. The molecule has 4 rings (SSSR count). The molecule has 4 heterocycles. The molecule has 4 saturated heterocycles. The van der Waals surface area contributed by atoms with E-state index in [0.29, 0.717) is 24.5 Å². The number of carbonyl (C=O) groups is 1. The molecule has 0 N–H and O–H groups in total. The van der Waals surface area contributed by atoms with Crippen molar-refractivity contribution < 1.29 is 14.3 Å². The van der Waals surface area contributed by atoms with Crippen LogP contribution in [-0.4, -0.2) is 123 Å². The van der Waals surface area contributed by atoms with Crippen molar-refractivity contribution in [3.8, 4) is 0 Å². The SMILES string of the molecule is CC(C)CCC1CCN(C(C)CC[C@H](C)CN2CCC(C(C)CCC(C)N3CCC(COCCCOCC(=O)N4CCC(C(C)C)CC4)CC3)CC2)CC1. The lowest BCUT2D eigenvalue weighted by atomic mass is 9.82. The van der Waals surface area contributed by atoms with Crippen molar-refractivity contribution >= 4 is 5.91 Å². The maximum absolute atomic E-state index is 12.5. The van der Waals surface area contributed by atoms with Crippen LogP contribution in [0.3, 0.4) is 0 Å². The van der Waals surface area contributed by atoms with E-state index in [9.17, 15) is 4.79 Å². The highest BCUT2D eigenvalue weighted by Gasteiger charge is 2.29. The van der Waals surface area contributed by atoms with Gasteiger partial charge in [0.15, 0.2) is 0 Å². The minimum absolute atomic E-state index is 0.156. The van der Waals surface area contributed by atoms with E-state index in [1.807, 2.05) is 4.90 Å². The number of hydrogen-bond donors (Lipinski definition) is 0. The summed E-state index contributed by atoms with van der Waals surface area (Å²) in [5, 5.41) is 0. The molecule has 54 heavy (non-hydrogen) atoms. The summed E-state index contributed by atoms with van der Waals surface area (Å²) in [6.45, 7) is 32.6. The highest BCUT2D eigenvalue weighted by Crippen LogP contribution is 2.31. The highest BCUT2D eigenvalue weighted by atomic mass is 16.5. The summed E-state index contributed by atoms with van der Waals surface area (Å²) in [5.74, 6) is 6.72. The van der Waals surface area contributed by atoms with Crippen LogP contribution in [0.25, 0.3) is 0 Å². The molecular weight excluding hydrogens is 669 g/mol. The van der Waals surface area contributed by atoms with Crippen LogP contribution < -0.4 is 0 Å². The Morgan fingerprint density at radius 3 is 1.74 bits per heavy atom. The molecule has 4 atom stereocenters. The number of ether oxygens (including phenoxy) is 2. The first-order chi connectivity index (χ1) is 26.0. The standard InChI is InChI=1S/C47H90N4O3/c1-37(2)10-15-43-16-26-49(27-17-43)41(7)13-11-39(5)34-48-24-20-46(21-25-48)40(6)12-14-42(8)50-28-18-44(19-29-50)35-53-32-9-33-54-36-47(52)51-30-22-45(23-31-51)38(3)4/h37-46H,9-36H2,1-8H3/t39-,40?,41?,42?/m0/s1. The number of likely N-dealkylation sites (tertiary alicyclic amines) is 4. The molecule has 0 aromatic carbocycles. The van der Waals surface area contributed by atoms with Gasteiger partial charge >= 0.3 is 0 Å². The fraction of sp³-hybridized carbons (Fsp3) is 0.979. The fourth-order valence-electron chi connectivity index (χ4n) is 10.3. The van der Waals surface area contributed by atoms with E-state index in [1.165, 1.54) is 123 Å². The summed E-state index contributed by atoms with van der Waals surface area (Å²) in [7, 11) is 0. The van der Waals surface area contributed by atoms with Crippen LogP contribution in [0.5, 0.6) is 0 Å². The Hall–Kier alpha value is -0.730. The maximum atomic E-state index is 12.5. The van der Waals surface area contributed by atoms with Gasteiger partial charge in [0, 0.05) is 51.5 Å². The van der Waals surface area contributed by atoms with Gasteiger partial charge in [0.25, 0.3) is 0 Å².